The largest absolute Gasteiger partial charge is 2.00 e. The van der Waals surface area contributed by atoms with E-state index < -0.39 is 10.4 Å². The van der Waals surface area contributed by atoms with Crippen LogP contribution in [-0.4, -0.2) is 27.9 Å². The molecule has 76 valence electrons. The van der Waals surface area contributed by atoms with Gasteiger partial charge in [-0.2, -0.15) is 8.42 Å². The van der Waals surface area contributed by atoms with E-state index in [0.717, 1.165) is 0 Å². The summed E-state index contributed by atoms with van der Waals surface area (Å²) in [7, 11) is -4.67. The van der Waals surface area contributed by atoms with Gasteiger partial charge < -0.3 is 10.4 Å². The Bertz CT molecular complexity index is 157. The molecule has 0 aliphatic carbocycles. The first kappa shape index (κ1) is 22.5. The predicted molar refractivity (Wildman–Crippen MR) is 29.3 cm³/mol. The zero-order valence-corrected chi connectivity index (χ0v) is 7.41. The molecule has 0 atom stereocenters. The Labute approximate surface area is 79.7 Å². The van der Waals surface area contributed by atoms with Crippen LogP contribution in [0.2, 0.25) is 0 Å². The topological polar surface area (TPSA) is 174 Å². The summed E-state index contributed by atoms with van der Waals surface area (Å²) in [5.74, 6) is 0. The summed E-state index contributed by atoms with van der Waals surface area (Å²) in [5.41, 5.74) is 0. The van der Waals surface area contributed by atoms with Gasteiger partial charge in [0.15, 0.2) is 10.7 Å². The van der Waals surface area contributed by atoms with E-state index in [1.54, 1.807) is 0 Å². The zero-order valence-electron chi connectivity index (χ0n) is 5.04. The third-order valence-electron chi connectivity index (χ3n) is 0. The Morgan fingerprint density at radius 2 is 0.917 bits per heavy atom. The Morgan fingerprint density at radius 1 is 0.917 bits per heavy atom. The van der Waals surface area contributed by atoms with Gasteiger partial charge in [-0.05, 0) is 0 Å². The maximum Gasteiger partial charge on any atom is 2.00 e. The molecule has 0 bridgehead atoms. The summed E-state index contributed by atoms with van der Waals surface area (Å²) in [6.45, 7) is 0. The minimum atomic E-state index is -4.67. The Hall–Kier alpha value is -0.668. The molecular weight excluding hydrogens is 294 g/mol. The average Bonchev–Trinajstić information content (AvgIpc) is 1.62. The van der Waals surface area contributed by atoms with E-state index in [4.69, 9.17) is 37.8 Å². The van der Waals surface area contributed by atoms with Crippen molar-refractivity contribution in [3.8, 4) is 0 Å². The molecule has 0 amide bonds. The summed E-state index contributed by atoms with van der Waals surface area (Å²) in [6, 6.07) is 0. The molecule has 12 heavy (non-hydrogen) atoms. The Balaban J connectivity index is -0.0000000406. The Kier molecular flexibility index (Phi) is 31.4. The van der Waals surface area contributed by atoms with Crippen LogP contribution in [0.25, 0.3) is 0 Å². The van der Waals surface area contributed by atoms with Gasteiger partial charge in [0.1, 0.15) is 0 Å². The summed E-state index contributed by atoms with van der Waals surface area (Å²) in [6.07, 6.45) is 0. The van der Waals surface area contributed by atoms with Crippen LogP contribution < -0.4 is 0 Å². The number of nitrogens with zero attached hydrogens (tertiary/aromatic N) is 2. The second kappa shape index (κ2) is 16.7. The normalized spacial score (nSPS) is 6.83. The van der Waals surface area contributed by atoms with Gasteiger partial charge in [-0.1, -0.05) is 0 Å². The van der Waals surface area contributed by atoms with Gasteiger partial charge in [0, 0.05) is 0 Å². The molecule has 0 saturated carbocycles. The van der Waals surface area contributed by atoms with Gasteiger partial charge >= 0.3 is 30.8 Å². The monoisotopic (exact) mass is 298 g/mol. The van der Waals surface area contributed by atoms with Crippen LogP contribution in [0.4, 0.5) is 0 Å². The molecular formula is H4N2O8PdS+2. The van der Waals surface area contributed by atoms with Gasteiger partial charge in [0.25, 0.3) is 0 Å². The minimum Gasteiger partial charge on any atom is -0.379 e. The van der Waals surface area contributed by atoms with Crippen molar-refractivity contribution in [3.05, 3.63) is 9.81 Å². The van der Waals surface area contributed by atoms with Gasteiger partial charge in [0.2, 0.25) is 0 Å². The predicted octanol–water partition coefficient (Wildman–Crippen LogP) is -0.371. The second-order valence-electron chi connectivity index (χ2n) is 0.611. The molecule has 0 rings (SSSR count). The first-order valence-electron chi connectivity index (χ1n) is 1.46. The fourth-order valence-corrected chi connectivity index (χ4v) is 0. The molecule has 0 spiro atoms. The van der Waals surface area contributed by atoms with E-state index >= 15 is 0 Å². The molecule has 0 aliphatic rings. The van der Waals surface area contributed by atoms with E-state index in [-0.39, 0.29) is 20.4 Å². The van der Waals surface area contributed by atoms with Crippen molar-refractivity contribution in [1.29, 1.82) is 0 Å². The van der Waals surface area contributed by atoms with Crippen molar-refractivity contribution >= 4 is 10.4 Å². The van der Waals surface area contributed by atoms with Crippen LogP contribution in [0.3, 0.4) is 0 Å². The Morgan fingerprint density at radius 3 is 0.917 bits per heavy atom. The van der Waals surface area contributed by atoms with E-state index in [0.29, 0.717) is 0 Å². The van der Waals surface area contributed by atoms with E-state index in [9.17, 15) is 0 Å². The smallest absolute Gasteiger partial charge is 0.379 e. The maximum atomic E-state index is 8.74. The van der Waals surface area contributed by atoms with Gasteiger partial charge in [-0.3, -0.25) is 9.11 Å². The van der Waals surface area contributed by atoms with Crippen molar-refractivity contribution in [2.75, 3.05) is 0 Å². The molecule has 0 unspecified atom stereocenters. The molecule has 0 aliphatic heterocycles. The maximum absolute atomic E-state index is 8.74. The van der Waals surface area contributed by atoms with Crippen molar-refractivity contribution in [2.45, 2.75) is 0 Å². The molecule has 12 heteroatoms. The molecule has 0 radical (unpaired) electrons. The SMILES string of the molecule is O=NO.O=NO.O=S(=O)(O)O.[Pd+2]. The van der Waals surface area contributed by atoms with Gasteiger partial charge in [0.05, 0.1) is 0 Å². The third-order valence-corrected chi connectivity index (χ3v) is 0. The average molecular weight is 299 g/mol. The second-order valence-corrected chi connectivity index (χ2v) is 1.51. The number of rotatable bonds is 0. The van der Waals surface area contributed by atoms with Gasteiger partial charge in [-0.25, -0.2) is 0 Å². The standard InChI is InChI=1S/2HNO2.H2O4S.Pd/c2*2-1-3;1-5(2,3)4;/h2*(H,2,3);(H2,1,2,3,4);/q;;;+2. The number of hydrogen-bond acceptors (Lipinski definition) is 6. The summed E-state index contributed by atoms with van der Waals surface area (Å²) < 4.78 is 31.6. The van der Waals surface area contributed by atoms with Crippen molar-refractivity contribution in [2.24, 2.45) is 10.7 Å². The molecule has 0 saturated heterocycles. The van der Waals surface area contributed by atoms with Crippen LogP contribution >= 0.6 is 0 Å². The molecule has 0 aromatic carbocycles. The van der Waals surface area contributed by atoms with Crippen molar-refractivity contribution in [1.82, 2.24) is 0 Å². The first-order valence-corrected chi connectivity index (χ1v) is 2.86. The molecule has 0 aromatic rings. The third kappa shape index (κ3) is 1450. The molecule has 0 heterocycles. The number of hydrogen-bond donors (Lipinski definition) is 4. The fraction of sp³-hybridized carbons (Fsp3) is 0. The van der Waals surface area contributed by atoms with Crippen LogP contribution in [0, 0.1) is 9.81 Å². The quantitative estimate of drug-likeness (QED) is 0.203. The van der Waals surface area contributed by atoms with E-state index in [1.807, 2.05) is 0 Å². The minimum absolute atomic E-state index is 0. The van der Waals surface area contributed by atoms with Crippen LogP contribution in [0.15, 0.2) is 10.7 Å². The summed E-state index contributed by atoms with van der Waals surface area (Å²) >= 11 is 0. The van der Waals surface area contributed by atoms with E-state index in [2.05, 4.69) is 0 Å². The molecule has 10 nitrogen and oxygen atoms in total. The summed E-state index contributed by atoms with van der Waals surface area (Å²) in [5, 5.41) is 15.8. The van der Waals surface area contributed by atoms with Crippen molar-refractivity contribution < 1.29 is 48.4 Å². The first-order chi connectivity index (χ1) is 4.83. The fourth-order valence-electron chi connectivity index (χ4n) is 0. The molecule has 0 aromatic heterocycles. The van der Waals surface area contributed by atoms with Crippen molar-refractivity contribution in [3.63, 3.8) is 0 Å². The zero-order chi connectivity index (χ0) is 9.91. The molecule has 0 fully saturated rings. The van der Waals surface area contributed by atoms with E-state index in [1.165, 1.54) is 10.7 Å². The van der Waals surface area contributed by atoms with Gasteiger partial charge in [-0.15, -0.1) is 9.81 Å². The summed E-state index contributed by atoms with van der Waals surface area (Å²) in [4.78, 5) is 16.2. The van der Waals surface area contributed by atoms with Crippen LogP contribution in [0.5, 0.6) is 0 Å². The molecule has 4 N–H and O–H groups in total. The van der Waals surface area contributed by atoms with Crippen LogP contribution in [0.1, 0.15) is 0 Å². The van der Waals surface area contributed by atoms with Crippen LogP contribution in [-0.2, 0) is 30.8 Å².